The van der Waals surface area contributed by atoms with E-state index in [2.05, 4.69) is 17.1 Å². The van der Waals surface area contributed by atoms with Gasteiger partial charge in [-0.1, -0.05) is 12.2 Å². The first kappa shape index (κ1) is 6.27. The molecule has 0 aromatic carbocycles. The summed E-state index contributed by atoms with van der Waals surface area (Å²) in [5, 5.41) is 0. The molecular formula is C8H11N. The van der Waals surface area contributed by atoms with Crippen LogP contribution in [0.5, 0.6) is 0 Å². The highest BCUT2D eigenvalue weighted by atomic mass is 14.7. The normalized spacial score (nSPS) is 18.4. The van der Waals surface area contributed by atoms with E-state index in [4.69, 9.17) is 0 Å². The van der Waals surface area contributed by atoms with Crippen LogP contribution in [0.3, 0.4) is 0 Å². The Balaban J connectivity index is 2.82. The Kier molecular flexibility index (Phi) is 1.83. The molecule has 1 rings (SSSR count). The van der Waals surface area contributed by atoms with Crippen molar-refractivity contribution in [3.63, 3.8) is 0 Å². The van der Waals surface area contributed by atoms with Gasteiger partial charge in [-0.05, 0) is 19.9 Å². The van der Waals surface area contributed by atoms with E-state index in [1.807, 2.05) is 19.9 Å². The van der Waals surface area contributed by atoms with E-state index >= 15 is 0 Å². The van der Waals surface area contributed by atoms with E-state index < -0.39 is 0 Å². The van der Waals surface area contributed by atoms with Crippen molar-refractivity contribution < 1.29 is 0 Å². The summed E-state index contributed by atoms with van der Waals surface area (Å²) in [5.74, 6) is 0. The molecule has 0 fully saturated rings. The first-order valence-electron chi connectivity index (χ1n) is 3.16. The van der Waals surface area contributed by atoms with Crippen molar-refractivity contribution in [2.24, 2.45) is 4.99 Å². The van der Waals surface area contributed by atoms with Crippen molar-refractivity contribution in [2.75, 3.05) is 0 Å². The Bertz CT molecular complexity index is 185. The number of hydrogen-bond donors (Lipinski definition) is 0. The Morgan fingerprint density at radius 2 is 2.22 bits per heavy atom. The average Bonchev–Trinajstić information content (AvgIpc) is 1.93. The van der Waals surface area contributed by atoms with Crippen LogP contribution in [0, 0.1) is 0 Å². The quantitative estimate of drug-likeness (QED) is 0.466. The summed E-state index contributed by atoms with van der Waals surface area (Å²) in [7, 11) is 0. The summed E-state index contributed by atoms with van der Waals surface area (Å²) >= 11 is 0. The van der Waals surface area contributed by atoms with Crippen LogP contribution < -0.4 is 0 Å². The molecule has 1 aliphatic rings. The first-order valence-corrected chi connectivity index (χ1v) is 3.16. The van der Waals surface area contributed by atoms with E-state index in [0.29, 0.717) is 0 Å². The van der Waals surface area contributed by atoms with Gasteiger partial charge in [0, 0.05) is 17.8 Å². The zero-order valence-corrected chi connectivity index (χ0v) is 5.89. The smallest absolute Gasteiger partial charge is 0.0371 e. The molecule has 0 aromatic heterocycles. The summed E-state index contributed by atoms with van der Waals surface area (Å²) in [4.78, 5) is 4.29. The lowest BCUT2D eigenvalue weighted by Gasteiger charge is -1.90. The third-order valence-corrected chi connectivity index (χ3v) is 1.25. The predicted octanol–water partition coefficient (Wildman–Crippen LogP) is 2.31. The van der Waals surface area contributed by atoms with Crippen LogP contribution in [0.4, 0.5) is 0 Å². The van der Waals surface area contributed by atoms with Gasteiger partial charge in [0.15, 0.2) is 0 Å². The monoisotopic (exact) mass is 121 g/mol. The van der Waals surface area contributed by atoms with Gasteiger partial charge in [0.1, 0.15) is 0 Å². The van der Waals surface area contributed by atoms with Crippen LogP contribution in [-0.2, 0) is 0 Å². The number of rotatable bonds is 0. The minimum Gasteiger partial charge on any atom is -0.263 e. The first-order chi connectivity index (χ1) is 4.29. The van der Waals surface area contributed by atoms with Crippen molar-refractivity contribution in [3.05, 3.63) is 23.9 Å². The van der Waals surface area contributed by atoms with Crippen molar-refractivity contribution in [3.8, 4) is 0 Å². The predicted molar refractivity (Wildman–Crippen MR) is 40.6 cm³/mol. The fourth-order valence-corrected chi connectivity index (χ4v) is 0.830. The molecule has 9 heavy (non-hydrogen) atoms. The molecule has 1 heteroatoms. The molecule has 1 nitrogen and oxygen atoms in total. The lowest BCUT2D eigenvalue weighted by molar-refractivity contribution is 1.28. The van der Waals surface area contributed by atoms with Crippen LogP contribution in [0.2, 0.25) is 0 Å². The highest BCUT2D eigenvalue weighted by Gasteiger charge is 1.90. The average molecular weight is 121 g/mol. The van der Waals surface area contributed by atoms with Gasteiger partial charge in [-0.15, -0.1) is 0 Å². The SMILES string of the molecule is CC1=CC=CCC(C)=N1. The minimum absolute atomic E-state index is 0.994. The molecule has 0 atom stereocenters. The maximum absolute atomic E-state index is 4.29. The third-order valence-electron chi connectivity index (χ3n) is 1.25. The molecular weight excluding hydrogens is 110 g/mol. The Hall–Kier alpha value is -0.850. The minimum atomic E-state index is 0.994. The molecule has 0 saturated carbocycles. The molecule has 0 unspecified atom stereocenters. The van der Waals surface area contributed by atoms with Crippen LogP contribution >= 0.6 is 0 Å². The maximum atomic E-state index is 4.29. The third kappa shape index (κ3) is 1.84. The van der Waals surface area contributed by atoms with E-state index in [0.717, 1.165) is 12.1 Å². The van der Waals surface area contributed by atoms with Gasteiger partial charge < -0.3 is 0 Å². The van der Waals surface area contributed by atoms with Gasteiger partial charge in [-0.25, -0.2) is 0 Å². The fourth-order valence-electron chi connectivity index (χ4n) is 0.830. The van der Waals surface area contributed by atoms with Crippen LogP contribution in [0.15, 0.2) is 28.9 Å². The van der Waals surface area contributed by atoms with E-state index in [9.17, 15) is 0 Å². The van der Waals surface area contributed by atoms with E-state index in [-0.39, 0.29) is 0 Å². The number of hydrogen-bond acceptors (Lipinski definition) is 1. The summed E-state index contributed by atoms with van der Waals surface area (Å²) < 4.78 is 0. The topological polar surface area (TPSA) is 12.4 Å². The van der Waals surface area contributed by atoms with Gasteiger partial charge in [0.25, 0.3) is 0 Å². The van der Waals surface area contributed by atoms with Crippen molar-refractivity contribution >= 4 is 5.71 Å². The second-order valence-electron chi connectivity index (χ2n) is 2.29. The standard InChI is InChI=1S/C8H11N/c1-7-5-3-4-6-8(2)9-7/h3-5H,6H2,1-2H3. The molecule has 48 valence electrons. The van der Waals surface area contributed by atoms with Crippen molar-refractivity contribution in [1.29, 1.82) is 0 Å². The Morgan fingerprint density at radius 1 is 1.44 bits per heavy atom. The van der Waals surface area contributed by atoms with Crippen molar-refractivity contribution in [2.45, 2.75) is 20.3 Å². The van der Waals surface area contributed by atoms with Crippen LogP contribution in [-0.4, -0.2) is 5.71 Å². The van der Waals surface area contributed by atoms with Gasteiger partial charge in [0.05, 0.1) is 0 Å². The second kappa shape index (κ2) is 2.62. The van der Waals surface area contributed by atoms with Gasteiger partial charge in [-0.2, -0.15) is 0 Å². The lowest BCUT2D eigenvalue weighted by Crippen LogP contribution is -1.85. The largest absolute Gasteiger partial charge is 0.263 e. The molecule has 0 saturated heterocycles. The molecule has 0 bridgehead atoms. The summed E-state index contributed by atoms with van der Waals surface area (Å²) in [5.41, 5.74) is 2.29. The van der Waals surface area contributed by atoms with Crippen LogP contribution in [0.25, 0.3) is 0 Å². The maximum Gasteiger partial charge on any atom is 0.0371 e. The molecule has 0 N–H and O–H groups in total. The fraction of sp³-hybridized carbons (Fsp3) is 0.375. The summed E-state index contributed by atoms with van der Waals surface area (Å²) in [6.07, 6.45) is 7.19. The molecule has 0 radical (unpaired) electrons. The lowest BCUT2D eigenvalue weighted by atomic mass is 10.3. The highest BCUT2D eigenvalue weighted by molar-refractivity contribution is 5.84. The number of aliphatic imine (C=N–C) groups is 1. The van der Waals surface area contributed by atoms with E-state index in [1.165, 1.54) is 5.71 Å². The zero-order valence-electron chi connectivity index (χ0n) is 5.89. The summed E-state index contributed by atoms with van der Waals surface area (Å²) in [6, 6.07) is 0. The molecule has 1 heterocycles. The Morgan fingerprint density at radius 3 is 3.00 bits per heavy atom. The molecule has 0 spiro atoms. The highest BCUT2D eigenvalue weighted by Crippen LogP contribution is 2.03. The molecule has 0 amide bonds. The van der Waals surface area contributed by atoms with Gasteiger partial charge in [-0.3, -0.25) is 4.99 Å². The number of nitrogens with zero attached hydrogens (tertiary/aromatic N) is 1. The zero-order chi connectivity index (χ0) is 6.69. The molecule has 1 aliphatic heterocycles. The van der Waals surface area contributed by atoms with Gasteiger partial charge in [0.2, 0.25) is 0 Å². The van der Waals surface area contributed by atoms with E-state index in [1.54, 1.807) is 0 Å². The number of allylic oxidation sites excluding steroid dienone is 4. The van der Waals surface area contributed by atoms with Crippen LogP contribution in [0.1, 0.15) is 20.3 Å². The van der Waals surface area contributed by atoms with Crippen molar-refractivity contribution in [1.82, 2.24) is 0 Å². The molecule has 0 aliphatic carbocycles. The summed E-state index contributed by atoms with van der Waals surface area (Å²) in [6.45, 7) is 4.06. The van der Waals surface area contributed by atoms with Gasteiger partial charge >= 0.3 is 0 Å². The second-order valence-corrected chi connectivity index (χ2v) is 2.29. The molecule has 0 aromatic rings. The Labute approximate surface area is 55.8 Å².